The Morgan fingerprint density at radius 2 is 1.83 bits per heavy atom. The van der Waals surface area contributed by atoms with Crippen LogP contribution >= 0.6 is 0 Å². The number of pyridine rings is 1. The van der Waals surface area contributed by atoms with E-state index >= 15 is 4.39 Å². The first kappa shape index (κ1) is 29.2. The molecular formula is C30H33F4N3O4. The highest BCUT2D eigenvalue weighted by Gasteiger charge is 2.32. The number of fused-ring (bicyclic) bond motifs is 1. The first-order chi connectivity index (χ1) is 19.5. The molecule has 3 aromatic rings. The van der Waals surface area contributed by atoms with Crippen molar-refractivity contribution in [2.24, 2.45) is 0 Å². The highest BCUT2D eigenvalue weighted by atomic mass is 19.4. The van der Waals surface area contributed by atoms with E-state index in [1.165, 1.54) is 18.2 Å². The van der Waals surface area contributed by atoms with Crippen LogP contribution in [-0.4, -0.2) is 77.4 Å². The van der Waals surface area contributed by atoms with Crippen molar-refractivity contribution in [2.45, 2.75) is 51.6 Å². The number of rotatable bonds is 7. The monoisotopic (exact) mass is 575 g/mol. The summed E-state index contributed by atoms with van der Waals surface area (Å²) in [5.74, 6) is -2.15. The van der Waals surface area contributed by atoms with Crippen molar-refractivity contribution in [3.8, 4) is 17.0 Å². The Balaban J connectivity index is 1.59. The van der Waals surface area contributed by atoms with Gasteiger partial charge in [0.1, 0.15) is 0 Å². The normalized spacial score (nSPS) is 17.8. The van der Waals surface area contributed by atoms with Gasteiger partial charge in [-0.25, -0.2) is 14.2 Å². The number of likely N-dealkylation sites (tertiary alicyclic amines) is 1. The van der Waals surface area contributed by atoms with E-state index in [4.69, 9.17) is 9.47 Å². The van der Waals surface area contributed by atoms with Crippen molar-refractivity contribution < 1.29 is 36.9 Å². The van der Waals surface area contributed by atoms with E-state index in [9.17, 15) is 23.1 Å². The summed E-state index contributed by atoms with van der Waals surface area (Å²) in [7, 11) is 0. The third-order valence-corrected chi connectivity index (χ3v) is 7.68. The molecule has 220 valence electrons. The quantitative estimate of drug-likeness (QED) is 0.355. The predicted octanol–water partition coefficient (Wildman–Crippen LogP) is 5.84. The maximum Gasteiger partial charge on any atom is 0.416 e. The van der Waals surface area contributed by atoms with Crippen LogP contribution in [0, 0.1) is 5.82 Å². The summed E-state index contributed by atoms with van der Waals surface area (Å²) in [5, 5.41) is 10.4. The third kappa shape index (κ3) is 6.47. The molecule has 11 heteroatoms. The first-order valence-corrected chi connectivity index (χ1v) is 13.8. The predicted molar refractivity (Wildman–Crippen MR) is 146 cm³/mol. The molecule has 2 aliphatic heterocycles. The van der Waals surface area contributed by atoms with Crippen LogP contribution in [0.15, 0.2) is 36.4 Å². The van der Waals surface area contributed by atoms with Crippen LogP contribution in [0.2, 0.25) is 0 Å². The molecule has 2 aliphatic rings. The Morgan fingerprint density at radius 1 is 1.12 bits per heavy atom. The van der Waals surface area contributed by atoms with Gasteiger partial charge in [0.2, 0.25) is 0 Å². The van der Waals surface area contributed by atoms with Crippen molar-refractivity contribution in [1.29, 1.82) is 0 Å². The molecule has 0 aliphatic carbocycles. The standard InChI is InChI=1S/C30H33F4N3O4/c1-18(2)41-26-16-25-22(15-24(26)31)27(29(38)39)23(28(35-25)19-4-3-5-20(14-19)30(32,33)34)17-36-8-6-21(7-9-36)37-10-12-40-13-11-37/h3-5,14-16,18,21H,6-13,17H2,1-2H3,(H,38,39). The smallest absolute Gasteiger partial charge is 0.416 e. The molecule has 41 heavy (non-hydrogen) atoms. The van der Waals surface area contributed by atoms with Crippen LogP contribution in [0.5, 0.6) is 5.75 Å². The summed E-state index contributed by atoms with van der Waals surface area (Å²) in [6.45, 7) is 8.09. The number of aromatic nitrogens is 1. The fourth-order valence-electron chi connectivity index (χ4n) is 5.74. The van der Waals surface area contributed by atoms with Gasteiger partial charge in [0.05, 0.1) is 41.7 Å². The lowest BCUT2D eigenvalue weighted by Gasteiger charge is -2.40. The maximum absolute atomic E-state index is 15.0. The molecule has 5 rings (SSSR count). The average molecular weight is 576 g/mol. The number of carbonyl (C=O) groups is 1. The van der Waals surface area contributed by atoms with Gasteiger partial charge in [-0.1, -0.05) is 12.1 Å². The molecule has 1 aromatic heterocycles. The van der Waals surface area contributed by atoms with Crippen LogP contribution in [0.1, 0.15) is 48.2 Å². The SMILES string of the molecule is CC(C)Oc1cc2nc(-c3cccc(C(F)(F)F)c3)c(CN3CCC(N4CCOCC4)CC3)c(C(=O)O)c2cc1F. The lowest BCUT2D eigenvalue weighted by atomic mass is 9.94. The summed E-state index contributed by atoms with van der Waals surface area (Å²) in [5.41, 5.74) is -0.397. The molecule has 0 unspecified atom stereocenters. The Labute approximate surface area is 235 Å². The van der Waals surface area contributed by atoms with E-state index in [-0.39, 0.29) is 51.7 Å². The van der Waals surface area contributed by atoms with Crippen LogP contribution in [0.4, 0.5) is 17.6 Å². The summed E-state index contributed by atoms with van der Waals surface area (Å²) in [4.78, 5) is 21.9. The van der Waals surface area contributed by atoms with E-state index in [1.54, 1.807) is 13.8 Å². The Morgan fingerprint density at radius 3 is 2.46 bits per heavy atom. The molecule has 0 radical (unpaired) electrons. The molecule has 7 nitrogen and oxygen atoms in total. The molecule has 1 N–H and O–H groups in total. The molecule has 3 heterocycles. The number of alkyl halides is 3. The molecule has 2 fully saturated rings. The van der Waals surface area contributed by atoms with Gasteiger partial charge in [-0.3, -0.25) is 9.80 Å². The van der Waals surface area contributed by atoms with Gasteiger partial charge < -0.3 is 14.6 Å². The number of hydrogen-bond donors (Lipinski definition) is 1. The fraction of sp³-hybridized carbons (Fsp3) is 0.467. The Hall–Kier alpha value is -3.28. The van der Waals surface area contributed by atoms with Crippen molar-refractivity contribution in [1.82, 2.24) is 14.8 Å². The van der Waals surface area contributed by atoms with Gasteiger partial charge in [-0.2, -0.15) is 13.2 Å². The minimum absolute atomic E-state index is 0.0695. The number of ether oxygens (including phenoxy) is 2. The highest BCUT2D eigenvalue weighted by molar-refractivity contribution is 6.06. The van der Waals surface area contributed by atoms with E-state index in [0.29, 0.717) is 32.3 Å². The summed E-state index contributed by atoms with van der Waals surface area (Å²) in [6.07, 6.45) is -3.21. The summed E-state index contributed by atoms with van der Waals surface area (Å²) >= 11 is 0. The minimum atomic E-state index is -4.59. The molecule has 2 saturated heterocycles. The molecule has 0 bridgehead atoms. The van der Waals surface area contributed by atoms with E-state index in [2.05, 4.69) is 14.8 Å². The zero-order valence-electron chi connectivity index (χ0n) is 23.0. The second kappa shape index (κ2) is 11.9. The number of benzene rings is 2. The number of nitrogens with zero attached hydrogens (tertiary/aromatic N) is 3. The van der Waals surface area contributed by atoms with Crippen molar-refractivity contribution in [3.05, 3.63) is 58.9 Å². The molecule has 2 aromatic carbocycles. The van der Waals surface area contributed by atoms with E-state index in [1.807, 2.05) is 0 Å². The van der Waals surface area contributed by atoms with Gasteiger partial charge in [-0.15, -0.1) is 0 Å². The lowest BCUT2D eigenvalue weighted by Crippen LogP contribution is -2.48. The van der Waals surface area contributed by atoms with Gasteiger partial charge in [-0.05, 0) is 58.0 Å². The topological polar surface area (TPSA) is 75.1 Å². The number of hydrogen-bond acceptors (Lipinski definition) is 6. The number of piperidine rings is 1. The number of halogens is 4. The van der Waals surface area contributed by atoms with Crippen molar-refractivity contribution >= 4 is 16.9 Å². The second-order valence-corrected chi connectivity index (χ2v) is 10.8. The second-order valence-electron chi connectivity index (χ2n) is 10.8. The van der Waals surface area contributed by atoms with Gasteiger partial charge >= 0.3 is 12.1 Å². The van der Waals surface area contributed by atoms with Gasteiger partial charge in [0.15, 0.2) is 11.6 Å². The highest BCUT2D eigenvalue weighted by Crippen LogP contribution is 2.37. The largest absolute Gasteiger partial charge is 0.488 e. The summed E-state index contributed by atoms with van der Waals surface area (Å²) < 4.78 is 67.0. The van der Waals surface area contributed by atoms with Gasteiger partial charge in [0, 0.05) is 48.3 Å². The number of carboxylic acids is 1. The minimum Gasteiger partial charge on any atom is -0.488 e. The summed E-state index contributed by atoms with van der Waals surface area (Å²) in [6, 6.07) is 7.49. The zero-order chi connectivity index (χ0) is 29.3. The van der Waals surface area contributed by atoms with Crippen LogP contribution in [-0.2, 0) is 17.5 Å². The Bertz CT molecular complexity index is 1420. The van der Waals surface area contributed by atoms with E-state index < -0.39 is 23.5 Å². The van der Waals surface area contributed by atoms with Crippen LogP contribution in [0.3, 0.4) is 0 Å². The molecule has 0 spiro atoms. The van der Waals surface area contributed by atoms with Crippen molar-refractivity contribution in [3.63, 3.8) is 0 Å². The molecule has 0 atom stereocenters. The first-order valence-electron chi connectivity index (χ1n) is 13.8. The lowest BCUT2D eigenvalue weighted by molar-refractivity contribution is -0.137. The fourth-order valence-corrected chi connectivity index (χ4v) is 5.74. The number of carboxylic acid groups (broad SMARTS) is 1. The zero-order valence-corrected chi connectivity index (χ0v) is 23.0. The Kier molecular flexibility index (Phi) is 8.49. The maximum atomic E-state index is 15.0. The molecular weight excluding hydrogens is 542 g/mol. The average Bonchev–Trinajstić information content (AvgIpc) is 2.93. The van der Waals surface area contributed by atoms with Gasteiger partial charge in [0.25, 0.3) is 0 Å². The molecule has 0 saturated carbocycles. The molecule has 0 amide bonds. The third-order valence-electron chi connectivity index (χ3n) is 7.68. The number of aromatic carboxylic acids is 1. The van der Waals surface area contributed by atoms with Crippen LogP contribution < -0.4 is 4.74 Å². The van der Waals surface area contributed by atoms with E-state index in [0.717, 1.165) is 44.1 Å². The van der Waals surface area contributed by atoms with Crippen molar-refractivity contribution in [2.75, 3.05) is 39.4 Å². The van der Waals surface area contributed by atoms with Crippen LogP contribution in [0.25, 0.3) is 22.2 Å². The number of morpholine rings is 1.